The van der Waals surface area contributed by atoms with Gasteiger partial charge in [0, 0.05) is 38.4 Å². The number of hydrogen-bond donors (Lipinski definition) is 2. The molecule has 0 atom stereocenters. The molecule has 0 saturated carbocycles. The van der Waals surface area contributed by atoms with Crippen molar-refractivity contribution >= 4 is 17.7 Å². The number of nitrogens with one attached hydrogen (secondary N) is 2. The van der Waals surface area contributed by atoms with Gasteiger partial charge in [-0.25, -0.2) is 4.79 Å². The van der Waals surface area contributed by atoms with Gasteiger partial charge in [0.25, 0.3) is 0 Å². The monoisotopic (exact) mass is 478 g/mol. The number of anilines is 1. The number of amides is 2. The van der Waals surface area contributed by atoms with Crippen molar-refractivity contribution < 1.29 is 27.5 Å². The van der Waals surface area contributed by atoms with E-state index in [1.807, 2.05) is 35.2 Å². The first-order valence-electron chi connectivity index (χ1n) is 11.2. The molecule has 1 aliphatic rings. The third-order valence-corrected chi connectivity index (χ3v) is 5.49. The van der Waals surface area contributed by atoms with Crippen molar-refractivity contribution in [2.24, 2.45) is 0 Å². The average molecular weight is 479 g/mol. The number of rotatable bonds is 9. The number of piperazine rings is 1. The fourth-order valence-corrected chi connectivity index (χ4v) is 3.63. The van der Waals surface area contributed by atoms with Crippen molar-refractivity contribution in [1.29, 1.82) is 0 Å². The highest BCUT2D eigenvalue weighted by atomic mass is 19.4. The summed E-state index contributed by atoms with van der Waals surface area (Å²) in [4.78, 5) is 27.7. The number of carbonyl (C=O) groups excluding carboxylic acids is 2. The summed E-state index contributed by atoms with van der Waals surface area (Å²) in [5.74, 6) is -0.300. The molecule has 0 aromatic heterocycles. The molecule has 7 nitrogen and oxygen atoms in total. The van der Waals surface area contributed by atoms with Crippen LogP contribution in [0.5, 0.6) is 0 Å². The second-order valence-electron chi connectivity index (χ2n) is 8.00. The largest absolute Gasteiger partial charge is 0.445 e. The number of alkyl carbamates (subject to hydrolysis) is 1. The lowest BCUT2D eigenvalue weighted by Crippen LogP contribution is -2.47. The van der Waals surface area contributed by atoms with Gasteiger partial charge in [-0.3, -0.25) is 9.69 Å². The van der Waals surface area contributed by atoms with Gasteiger partial charge >= 0.3 is 12.3 Å². The zero-order chi connectivity index (χ0) is 24.4. The normalized spacial score (nSPS) is 14.5. The van der Waals surface area contributed by atoms with E-state index in [9.17, 15) is 22.8 Å². The summed E-state index contributed by atoms with van der Waals surface area (Å²) in [6.45, 7) is 3.96. The van der Waals surface area contributed by atoms with Crippen LogP contribution in [-0.2, 0) is 22.3 Å². The maximum atomic E-state index is 12.9. The van der Waals surface area contributed by atoms with Crippen molar-refractivity contribution in [2.75, 3.05) is 50.7 Å². The van der Waals surface area contributed by atoms with Crippen molar-refractivity contribution in [1.82, 2.24) is 15.5 Å². The number of carbonyl (C=O) groups is 2. The Labute approximate surface area is 196 Å². The highest BCUT2D eigenvalue weighted by Gasteiger charge is 2.31. The van der Waals surface area contributed by atoms with E-state index in [0.29, 0.717) is 25.3 Å². The van der Waals surface area contributed by atoms with Crippen molar-refractivity contribution in [2.45, 2.75) is 19.2 Å². The fourth-order valence-electron chi connectivity index (χ4n) is 3.63. The summed E-state index contributed by atoms with van der Waals surface area (Å²) in [5.41, 5.74) is 0.802. The van der Waals surface area contributed by atoms with Crippen LogP contribution in [0.1, 0.15) is 17.5 Å². The minimum atomic E-state index is -4.35. The van der Waals surface area contributed by atoms with Gasteiger partial charge in [-0.05, 0) is 36.7 Å². The summed E-state index contributed by atoms with van der Waals surface area (Å²) in [7, 11) is 0. The van der Waals surface area contributed by atoms with Crippen LogP contribution >= 0.6 is 0 Å². The molecule has 0 spiro atoms. The summed E-state index contributed by atoms with van der Waals surface area (Å²) in [5, 5.41) is 5.17. The summed E-state index contributed by atoms with van der Waals surface area (Å²) >= 11 is 0. The molecule has 1 saturated heterocycles. The van der Waals surface area contributed by atoms with Gasteiger partial charge in [-0.2, -0.15) is 13.2 Å². The van der Waals surface area contributed by atoms with E-state index < -0.39 is 17.8 Å². The molecule has 2 aromatic rings. The van der Waals surface area contributed by atoms with Gasteiger partial charge in [0.05, 0.1) is 12.1 Å². The lowest BCUT2D eigenvalue weighted by Gasteiger charge is -2.36. The smallest absolute Gasteiger partial charge is 0.416 e. The molecule has 1 heterocycles. The first kappa shape index (κ1) is 25.4. The molecule has 3 rings (SSSR count). The molecule has 10 heteroatoms. The topological polar surface area (TPSA) is 73.9 Å². The van der Waals surface area contributed by atoms with Gasteiger partial charge in [0.2, 0.25) is 5.91 Å². The van der Waals surface area contributed by atoms with E-state index in [2.05, 4.69) is 15.5 Å². The standard InChI is InChI=1S/C24H29F3N4O3/c25-24(26,27)20-8-4-9-21(16-20)31-14-12-30(13-15-31)11-5-10-28-22(32)17-29-23(33)34-18-19-6-2-1-3-7-19/h1-4,6-9,16H,5,10-15,17-18H2,(H,28,32)(H,29,33). The van der Waals surface area contributed by atoms with Crippen LogP contribution in [0.3, 0.4) is 0 Å². The van der Waals surface area contributed by atoms with E-state index in [1.54, 1.807) is 6.07 Å². The van der Waals surface area contributed by atoms with E-state index in [-0.39, 0.29) is 19.1 Å². The number of nitrogens with zero attached hydrogens (tertiary/aromatic N) is 2. The summed E-state index contributed by atoms with van der Waals surface area (Å²) in [6.07, 6.45) is -4.27. The highest BCUT2D eigenvalue weighted by Crippen LogP contribution is 2.31. The Morgan fingerprint density at radius 1 is 0.941 bits per heavy atom. The maximum Gasteiger partial charge on any atom is 0.416 e. The minimum absolute atomic E-state index is 0.134. The lowest BCUT2D eigenvalue weighted by atomic mass is 10.1. The Morgan fingerprint density at radius 2 is 1.68 bits per heavy atom. The van der Waals surface area contributed by atoms with Crippen LogP contribution in [0, 0.1) is 0 Å². The molecule has 0 radical (unpaired) electrons. The van der Waals surface area contributed by atoms with E-state index in [4.69, 9.17) is 4.74 Å². The Hall–Kier alpha value is -3.27. The molecule has 184 valence electrons. The third-order valence-electron chi connectivity index (χ3n) is 5.49. The Balaban J connectivity index is 1.26. The lowest BCUT2D eigenvalue weighted by molar-refractivity contribution is -0.137. The zero-order valence-corrected chi connectivity index (χ0v) is 18.8. The van der Waals surface area contributed by atoms with Crippen LogP contribution in [0.25, 0.3) is 0 Å². The minimum Gasteiger partial charge on any atom is -0.445 e. The molecule has 1 aliphatic heterocycles. The van der Waals surface area contributed by atoms with Crippen LogP contribution in [0.15, 0.2) is 54.6 Å². The molecular formula is C24H29F3N4O3. The predicted octanol–water partition coefficient (Wildman–Crippen LogP) is 3.26. The summed E-state index contributed by atoms with van der Waals surface area (Å²) in [6, 6.07) is 14.6. The quantitative estimate of drug-likeness (QED) is 0.542. The number of benzene rings is 2. The average Bonchev–Trinajstić information content (AvgIpc) is 2.84. The van der Waals surface area contributed by atoms with Crippen molar-refractivity contribution in [3.63, 3.8) is 0 Å². The Bertz CT molecular complexity index is 933. The number of ether oxygens (including phenoxy) is 1. The van der Waals surface area contributed by atoms with Gasteiger partial charge in [-0.1, -0.05) is 36.4 Å². The van der Waals surface area contributed by atoms with Crippen molar-refractivity contribution in [3.05, 3.63) is 65.7 Å². The van der Waals surface area contributed by atoms with E-state index in [0.717, 1.165) is 37.7 Å². The highest BCUT2D eigenvalue weighted by molar-refractivity contribution is 5.82. The van der Waals surface area contributed by atoms with Crippen LogP contribution in [0.4, 0.5) is 23.7 Å². The van der Waals surface area contributed by atoms with Gasteiger partial charge in [0.15, 0.2) is 0 Å². The second kappa shape index (κ2) is 12.3. The number of alkyl halides is 3. The summed E-state index contributed by atoms with van der Waals surface area (Å²) < 4.78 is 43.8. The molecule has 1 fully saturated rings. The van der Waals surface area contributed by atoms with Crippen LogP contribution in [-0.4, -0.2) is 62.7 Å². The first-order chi connectivity index (χ1) is 16.3. The molecule has 0 bridgehead atoms. The predicted molar refractivity (Wildman–Crippen MR) is 122 cm³/mol. The zero-order valence-electron chi connectivity index (χ0n) is 18.8. The number of hydrogen-bond acceptors (Lipinski definition) is 5. The Morgan fingerprint density at radius 3 is 2.38 bits per heavy atom. The van der Waals surface area contributed by atoms with Gasteiger partial charge in [-0.15, -0.1) is 0 Å². The second-order valence-corrected chi connectivity index (χ2v) is 8.00. The maximum absolute atomic E-state index is 12.9. The van der Waals surface area contributed by atoms with Crippen LogP contribution < -0.4 is 15.5 Å². The van der Waals surface area contributed by atoms with Crippen LogP contribution in [0.2, 0.25) is 0 Å². The van der Waals surface area contributed by atoms with E-state index in [1.165, 1.54) is 12.1 Å². The molecule has 0 unspecified atom stereocenters. The first-order valence-corrected chi connectivity index (χ1v) is 11.2. The Kier molecular flexibility index (Phi) is 9.15. The fraction of sp³-hybridized carbons (Fsp3) is 0.417. The molecule has 2 amide bonds. The van der Waals surface area contributed by atoms with Gasteiger partial charge in [0.1, 0.15) is 6.61 Å². The molecule has 0 aliphatic carbocycles. The third kappa shape index (κ3) is 8.26. The molecule has 2 N–H and O–H groups in total. The molecule has 2 aromatic carbocycles. The van der Waals surface area contributed by atoms with Crippen molar-refractivity contribution in [3.8, 4) is 0 Å². The SMILES string of the molecule is O=C(CNC(=O)OCc1ccccc1)NCCCN1CCN(c2cccc(C(F)(F)F)c2)CC1. The van der Waals surface area contributed by atoms with Gasteiger partial charge < -0.3 is 20.3 Å². The molecular weight excluding hydrogens is 449 g/mol. The van der Waals surface area contributed by atoms with E-state index >= 15 is 0 Å². The number of halogens is 3. The molecule has 34 heavy (non-hydrogen) atoms.